The Morgan fingerprint density at radius 1 is 0.579 bits per heavy atom. The lowest BCUT2D eigenvalue weighted by atomic mass is 10.1. The van der Waals surface area contributed by atoms with E-state index >= 15 is 0 Å². The smallest absolute Gasteiger partial charge is 0.328 e. The summed E-state index contributed by atoms with van der Waals surface area (Å²) in [6.45, 7) is 9.17. The number of aryl methyl sites for hydroxylation is 2. The zero-order valence-corrected chi connectivity index (χ0v) is 35.5. The molecule has 0 fully saturated rings. The van der Waals surface area contributed by atoms with Gasteiger partial charge in [0.05, 0.1) is 7.11 Å². The van der Waals surface area contributed by atoms with Crippen LogP contribution in [0, 0.1) is 0 Å². The second kappa shape index (κ2) is 26.3. The van der Waals surface area contributed by atoms with E-state index < -0.39 is 24.0 Å². The first-order valence-corrected chi connectivity index (χ1v) is 21.6. The van der Waals surface area contributed by atoms with Crippen LogP contribution in [-0.2, 0) is 49.8 Å². The van der Waals surface area contributed by atoms with Crippen molar-refractivity contribution < 1.29 is 29.0 Å². The van der Waals surface area contributed by atoms with E-state index in [1.165, 1.54) is 116 Å². The molecular weight excluding hydrogens is 717 g/mol. The highest BCUT2D eigenvalue weighted by atomic mass is 16.5. The Bertz CT molecular complexity index is 1810. The number of carboxylic acid groups (broad SMARTS) is 1. The monoisotopic (exact) mass is 787 g/mol. The Morgan fingerprint density at radius 2 is 0.947 bits per heavy atom. The average Bonchev–Trinajstić information content (AvgIpc) is 3.73. The number of hydrogen-bond acceptors (Lipinski definition) is 5. The zero-order chi connectivity index (χ0) is 41.4. The van der Waals surface area contributed by atoms with Crippen molar-refractivity contribution >= 4 is 45.6 Å². The third-order valence-corrected chi connectivity index (χ3v) is 10.6. The molecule has 10 heteroatoms. The summed E-state index contributed by atoms with van der Waals surface area (Å²) in [4.78, 5) is 46.4. The maximum atomic E-state index is 12.1. The van der Waals surface area contributed by atoms with Crippen molar-refractivity contribution in [3.63, 3.8) is 0 Å². The Labute approximate surface area is 341 Å². The van der Waals surface area contributed by atoms with Gasteiger partial charge in [0.2, 0.25) is 11.8 Å². The number of rotatable bonds is 26. The summed E-state index contributed by atoms with van der Waals surface area (Å²) in [5.74, 6) is -1.98. The Kier molecular flexibility index (Phi) is 21.6. The third kappa shape index (κ3) is 16.4. The summed E-state index contributed by atoms with van der Waals surface area (Å²) in [5, 5.41) is 16.9. The molecule has 57 heavy (non-hydrogen) atoms. The van der Waals surface area contributed by atoms with Gasteiger partial charge in [0.25, 0.3) is 0 Å². The van der Waals surface area contributed by atoms with Crippen LogP contribution in [0.1, 0.15) is 142 Å². The minimum Gasteiger partial charge on any atom is -0.480 e. The molecule has 2 amide bonds. The van der Waals surface area contributed by atoms with E-state index in [0.29, 0.717) is 12.8 Å². The summed E-state index contributed by atoms with van der Waals surface area (Å²) in [7, 11) is 1.35. The molecule has 10 nitrogen and oxygen atoms in total. The van der Waals surface area contributed by atoms with Crippen molar-refractivity contribution in [1.82, 2.24) is 19.8 Å². The van der Waals surface area contributed by atoms with Gasteiger partial charge in [0.1, 0.15) is 12.1 Å². The summed E-state index contributed by atoms with van der Waals surface area (Å²) < 4.78 is 9.38. The number of benzene rings is 2. The quantitative estimate of drug-likeness (QED) is 0.0429. The number of fused-ring (bicyclic) bond motifs is 2. The summed E-state index contributed by atoms with van der Waals surface area (Å²) in [6.07, 6.45) is 25.5. The van der Waals surface area contributed by atoms with Crippen LogP contribution in [0.3, 0.4) is 0 Å². The van der Waals surface area contributed by atoms with E-state index in [9.17, 15) is 24.3 Å². The molecule has 0 spiro atoms. The standard InChI is InChI=1S/C24H36N2O3.C23H34N2O3/c1-4-5-6-7-8-9-10-13-16-26-18-20(21-14-11-12-15-23(21)26)17-22(24(28)29-3)25-19(2)27;1-3-4-5-6-7-8-9-12-15-25-17-19(20-13-10-11-14-22(20)25)16-21(23(27)28)24-18(2)26/h11-12,14-15,18,22H,4-10,13,16-17H2,1-3H3,(H,25,27);10-11,13-14,17,21H,3-9,12,15-16H2,1-2H3,(H,24,26)(H,27,28). The van der Waals surface area contributed by atoms with E-state index in [0.717, 1.165) is 53.3 Å². The molecule has 2 atom stereocenters. The highest BCUT2D eigenvalue weighted by Gasteiger charge is 2.23. The molecule has 4 rings (SSSR count). The lowest BCUT2D eigenvalue weighted by Gasteiger charge is -2.14. The average molecular weight is 787 g/mol. The lowest BCUT2D eigenvalue weighted by molar-refractivity contribution is -0.144. The normalized spacial score (nSPS) is 12.2. The predicted molar refractivity (Wildman–Crippen MR) is 231 cm³/mol. The number of carbonyl (C=O) groups is 4. The Balaban J connectivity index is 0.000000306. The van der Waals surface area contributed by atoms with Gasteiger partial charge < -0.3 is 29.6 Å². The highest BCUT2D eigenvalue weighted by molar-refractivity contribution is 5.88. The number of carboxylic acids is 1. The fourth-order valence-electron chi connectivity index (χ4n) is 7.64. The highest BCUT2D eigenvalue weighted by Crippen LogP contribution is 2.25. The summed E-state index contributed by atoms with van der Waals surface area (Å²) >= 11 is 0. The molecule has 0 saturated carbocycles. The first-order chi connectivity index (χ1) is 27.6. The first kappa shape index (κ1) is 46.8. The second-order valence-electron chi connectivity index (χ2n) is 15.5. The van der Waals surface area contributed by atoms with Crippen LogP contribution in [0.5, 0.6) is 0 Å². The van der Waals surface area contributed by atoms with Crippen molar-refractivity contribution in [2.45, 2.75) is 168 Å². The van der Waals surface area contributed by atoms with Gasteiger partial charge in [-0.15, -0.1) is 0 Å². The maximum Gasteiger partial charge on any atom is 0.328 e. The SMILES string of the molecule is CCCCCCCCCCn1cc(CC(NC(C)=O)C(=O)O)c2ccccc21.CCCCCCCCCCn1cc(CC(NC(C)=O)C(=O)OC)c2ccccc21. The number of methoxy groups -OCH3 is 1. The number of aliphatic carboxylic acids is 1. The number of nitrogens with zero attached hydrogens (tertiary/aromatic N) is 2. The minimum absolute atomic E-state index is 0.233. The van der Waals surface area contributed by atoms with Gasteiger partial charge >= 0.3 is 11.9 Å². The number of amides is 2. The van der Waals surface area contributed by atoms with Crippen LogP contribution in [0.25, 0.3) is 21.8 Å². The van der Waals surface area contributed by atoms with Crippen molar-refractivity contribution in [2.75, 3.05) is 7.11 Å². The molecule has 2 aromatic carbocycles. The number of hydrogen-bond donors (Lipinski definition) is 3. The molecule has 4 aromatic rings. The van der Waals surface area contributed by atoms with Gasteiger partial charge in [-0.2, -0.15) is 0 Å². The topological polar surface area (TPSA) is 132 Å². The molecule has 0 radical (unpaired) electrons. The number of unbranched alkanes of at least 4 members (excludes halogenated alkanes) is 14. The van der Waals surface area contributed by atoms with Gasteiger partial charge in [-0.05, 0) is 36.1 Å². The van der Waals surface area contributed by atoms with E-state index in [1.807, 2.05) is 30.3 Å². The number of para-hydroxylation sites is 2. The molecule has 0 bridgehead atoms. The minimum atomic E-state index is -1.00. The van der Waals surface area contributed by atoms with Crippen LogP contribution in [0.15, 0.2) is 60.9 Å². The van der Waals surface area contributed by atoms with Crippen molar-refractivity contribution in [3.8, 4) is 0 Å². The van der Waals surface area contributed by atoms with E-state index in [2.05, 4.69) is 64.2 Å². The predicted octanol–water partition coefficient (Wildman–Crippen LogP) is 9.92. The van der Waals surface area contributed by atoms with Gasteiger partial charge in [0, 0.05) is 74.0 Å². The molecule has 2 aromatic heterocycles. The third-order valence-electron chi connectivity index (χ3n) is 10.6. The first-order valence-electron chi connectivity index (χ1n) is 21.6. The van der Waals surface area contributed by atoms with Crippen LogP contribution in [0.4, 0.5) is 0 Å². The van der Waals surface area contributed by atoms with E-state index in [4.69, 9.17) is 4.74 Å². The largest absolute Gasteiger partial charge is 0.480 e. The van der Waals surface area contributed by atoms with E-state index in [1.54, 1.807) is 0 Å². The van der Waals surface area contributed by atoms with Gasteiger partial charge in [-0.1, -0.05) is 140 Å². The van der Waals surface area contributed by atoms with Crippen molar-refractivity contribution in [2.24, 2.45) is 0 Å². The Morgan fingerprint density at radius 3 is 1.33 bits per heavy atom. The van der Waals surface area contributed by atoms with Crippen molar-refractivity contribution in [3.05, 3.63) is 72.1 Å². The molecule has 0 aliphatic heterocycles. The fourth-order valence-corrected chi connectivity index (χ4v) is 7.64. The molecule has 2 unspecified atom stereocenters. The molecule has 314 valence electrons. The molecule has 0 aliphatic carbocycles. The van der Waals surface area contributed by atoms with Gasteiger partial charge in [-0.25, -0.2) is 9.59 Å². The van der Waals surface area contributed by atoms with E-state index in [-0.39, 0.29) is 11.8 Å². The van der Waals surface area contributed by atoms with Gasteiger partial charge in [0.15, 0.2) is 0 Å². The van der Waals surface area contributed by atoms with Crippen molar-refractivity contribution in [1.29, 1.82) is 0 Å². The number of nitrogens with one attached hydrogen (secondary N) is 2. The Hall–Kier alpha value is -4.60. The number of esters is 1. The van der Waals surface area contributed by atoms with Crippen LogP contribution in [-0.4, -0.2) is 57.2 Å². The van der Waals surface area contributed by atoms with Gasteiger partial charge in [-0.3, -0.25) is 9.59 Å². The number of ether oxygens (including phenoxy) is 1. The van der Waals surface area contributed by atoms with Crippen LogP contribution < -0.4 is 10.6 Å². The molecular formula is C47H70N4O6. The zero-order valence-electron chi connectivity index (χ0n) is 35.5. The number of carbonyl (C=O) groups excluding carboxylic acids is 3. The van der Waals surface area contributed by atoms with Crippen LogP contribution in [0.2, 0.25) is 0 Å². The molecule has 0 saturated heterocycles. The second-order valence-corrected chi connectivity index (χ2v) is 15.5. The summed E-state index contributed by atoms with van der Waals surface area (Å²) in [6, 6.07) is 14.8. The lowest BCUT2D eigenvalue weighted by Crippen LogP contribution is -2.41. The summed E-state index contributed by atoms with van der Waals surface area (Å²) in [5.41, 5.74) is 4.34. The number of aromatic nitrogens is 2. The molecule has 2 heterocycles. The molecule has 3 N–H and O–H groups in total. The fraction of sp³-hybridized carbons (Fsp3) is 0.574. The maximum absolute atomic E-state index is 12.1. The molecule has 0 aliphatic rings. The van der Waals surface area contributed by atoms with Crippen LogP contribution >= 0.6 is 0 Å².